The van der Waals surface area contributed by atoms with Gasteiger partial charge >= 0.3 is 0 Å². The fraction of sp³-hybridized carbons (Fsp3) is 0.160. The van der Waals surface area contributed by atoms with Crippen LogP contribution in [0, 0.1) is 5.92 Å². The van der Waals surface area contributed by atoms with Crippen LogP contribution in [0.15, 0.2) is 66.7 Å². The molecule has 0 radical (unpaired) electrons. The van der Waals surface area contributed by atoms with Crippen LogP contribution in [-0.2, 0) is 4.79 Å². The molecule has 3 amide bonds. The Hall–Kier alpha value is -4.13. The molecule has 1 aliphatic heterocycles. The molecule has 162 valence electrons. The van der Waals surface area contributed by atoms with Crippen LogP contribution in [0.2, 0.25) is 0 Å². The Labute approximate surface area is 185 Å². The maximum absolute atomic E-state index is 12.9. The third kappa shape index (κ3) is 4.32. The van der Waals surface area contributed by atoms with Gasteiger partial charge in [-0.2, -0.15) is 0 Å². The van der Waals surface area contributed by atoms with Crippen molar-refractivity contribution in [3.8, 4) is 17.2 Å². The van der Waals surface area contributed by atoms with Crippen molar-refractivity contribution in [2.75, 3.05) is 10.2 Å². The van der Waals surface area contributed by atoms with Gasteiger partial charge in [0.05, 0.1) is 16.8 Å². The number of fused-ring (bicyclic) bond motifs is 1. The maximum atomic E-state index is 12.9. The second-order valence-corrected chi connectivity index (χ2v) is 7.94. The van der Waals surface area contributed by atoms with E-state index in [-0.39, 0.29) is 23.1 Å². The second-order valence-electron chi connectivity index (χ2n) is 7.94. The lowest BCUT2D eigenvalue weighted by Gasteiger charge is -2.13. The van der Waals surface area contributed by atoms with E-state index in [4.69, 9.17) is 4.74 Å². The molecule has 0 atom stereocenters. The van der Waals surface area contributed by atoms with Gasteiger partial charge in [-0.1, -0.05) is 13.8 Å². The number of nitrogens with zero attached hydrogens (tertiary/aromatic N) is 1. The standard InChI is InChI=1S/C25H22N2O5/c1-15(2)13-23(29)26-16-3-9-19(10-4-16)32-20-11-12-21-22(14-20)25(31)27(24(21)30)17-5-7-18(28)8-6-17/h3-12,14-15,28H,13H2,1-2H3,(H,26,29). The lowest BCUT2D eigenvalue weighted by molar-refractivity contribution is -0.116. The average molecular weight is 430 g/mol. The van der Waals surface area contributed by atoms with Crippen LogP contribution in [0.25, 0.3) is 0 Å². The molecule has 1 aliphatic rings. The van der Waals surface area contributed by atoms with Gasteiger partial charge in [-0.25, -0.2) is 4.90 Å². The molecule has 3 aromatic carbocycles. The summed E-state index contributed by atoms with van der Waals surface area (Å²) in [4.78, 5) is 38.6. The molecule has 32 heavy (non-hydrogen) atoms. The smallest absolute Gasteiger partial charge is 0.266 e. The van der Waals surface area contributed by atoms with Crippen molar-refractivity contribution in [2.24, 2.45) is 5.92 Å². The van der Waals surface area contributed by atoms with Gasteiger partial charge in [-0.05, 0) is 72.6 Å². The minimum atomic E-state index is -0.454. The molecule has 0 aromatic heterocycles. The van der Waals surface area contributed by atoms with E-state index in [0.29, 0.717) is 34.9 Å². The predicted molar refractivity (Wildman–Crippen MR) is 120 cm³/mol. The third-order valence-electron chi connectivity index (χ3n) is 4.93. The highest BCUT2D eigenvalue weighted by molar-refractivity contribution is 6.34. The highest BCUT2D eigenvalue weighted by atomic mass is 16.5. The Kier molecular flexibility index (Phi) is 5.64. The molecule has 0 bridgehead atoms. The number of amides is 3. The van der Waals surface area contributed by atoms with Crippen LogP contribution in [0.4, 0.5) is 11.4 Å². The Bertz CT molecular complexity index is 1180. The first-order valence-electron chi connectivity index (χ1n) is 10.2. The number of phenols is 1. The van der Waals surface area contributed by atoms with Crippen molar-refractivity contribution >= 4 is 29.1 Å². The Morgan fingerprint density at radius 1 is 0.906 bits per heavy atom. The van der Waals surface area contributed by atoms with Crippen LogP contribution >= 0.6 is 0 Å². The van der Waals surface area contributed by atoms with Crippen molar-refractivity contribution in [3.63, 3.8) is 0 Å². The molecule has 2 N–H and O–H groups in total. The van der Waals surface area contributed by atoms with E-state index in [2.05, 4.69) is 5.32 Å². The number of benzene rings is 3. The molecule has 0 saturated heterocycles. The Balaban J connectivity index is 1.49. The van der Waals surface area contributed by atoms with Gasteiger partial charge in [-0.15, -0.1) is 0 Å². The molecule has 0 aliphatic carbocycles. The summed E-state index contributed by atoms with van der Waals surface area (Å²) >= 11 is 0. The average Bonchev–Trinajstić information content (AvgIpc) is 2.99. The summed E-state index contributed by atoms with van der Waals surface area (Å²) in [7, 11) is 0. The zero-order valence-electron chi connectivity index (χ0n) is 17.7. The summed E-state index contributed by atoms with van der Waals surface area (Å²) in [5, 5.41) is 12.3. The number of rotatable bonds is 6. The summed E-state index contributed by atoms with van der Waals surface area (Å²) in [6.45, 7) is 3.96. The molecule has 3 aromatic rings. The third-order valence-corrected chi connectivity index (χ3v) is 4.93. The molecule has 0 unspecified atom stereocenters. The van der Waals surface area contributed by atoms with Gasteiger partial charge in [0.25, 0.3) is 11.8 Å². The molecular formula is C25H22N2O5. The van der Waals surface area contributed by atoms with Gasteiger partial charge in [0.15, 0.2) is 0 Å². The zero-order chi connectivity index (χ0) is 22.8. The number of aromatic hydroxyl groups is 1. The SMILES string of the molecule is CC(C)CC(=O)Nc1ccc(Oc2ccc3c(c2)C(=O)N(c2ccc(O)cc2)C3=O)cc1. The maximum Gasteiger partial charge on any atom is 0.266 e. The highest BCUT2D eigenvalue weighted by Crippen LogP contribution is 2.33. The summed E-state index contributed by atoms with van der Waals surface area (Å²) in [6, 6.07) is 17.5. The lowest BCUT2D eigenvalue weighted by Crippen LogP contribution is -2.29. The molecule has 7 nitrogen and oxygen atoms in total. The van der Waals surface area contributed by atoms with Gasteiger partial charge < -0.3 is 15.2 Å². The number of ether oxygens (including phenoxy) is 1. The lowest BCUT2D eigenvalue weighted by atomic mass is 10.1. The largest absolute Gasteiger partial charge is 0.508 e. The number of hydrogen-bond acceptors (Lipinski definition) is 5. The van der Waals surface area contributed by atoms with E-state index >= 15 is 0 Å². The van der Waals surface area contributed by atoms with Crippen LogP contribution < -0.4 is 15.0 Å². The predicted octanol–water partition coefficient (Wildman–Crippen LogP) is 4.97. The molecular weight excluding hydrogens is 408 g/mol. The van der Waals surface area contributed by atoms with E-state index in [1.54, 1.807) is 36.4 Å². The van der Waals surface area contributed by atoms with Crippen molar-refractivity contribution in [1.82, 2.24) is 0 Å². The summed E-state index contributed by atoms with van der Waals surface area (Å²) in [5.74, 6) is 0.332. The Morgan fingerprint density at radius 2 is 1.53 bits per heavy atom. The number of carbonyl (C=O) groups is 3. The second kappa shape index (κ2) is 8.55. The normalized spacial score (nSPS) is 12.8. The quantitative estimate of drug-likeness (QED) is 0.538. The van der Waals surface area contributed by atoms with E-state index < -0.39 is 11.8 Å². The number of hydrogen-bond donors (Lipinski definition) is 2. The molecule has 4 rings (SSSR count). The molecule has 0 spiro atoms. The number of carbonyl (C=O) groups excluding carboxylic acids is 3. The summed E-state index contributed by atoms with van der Waals surface area (Å²) in [6.07, 6.45) is 0.446. The molecule has 0 saturated carbocycles. The van der Waals surface area contributed by atoms with Crippen molar-refractivity contribution < 1.29 is 24.2 Å². The van der Waals surface area contributed by atoms with E-state index in [1.807, 2.05) is 13.8 Å². The van der Waals surface area contributed by atoms with Crippen LogP contribution in [-0.4, -0.2) is 22.8 Å². The minimum Gasteiger partial charge on any atom is -0.508 e. The molecule has 0 fully saturated rings. The van der Waals surface area contributed by atoms with Gasteiger partial charge in [-0.3, -0.25) is 14.4 Å². The van der Waals surface area contributed by atoms with Crippen LogP contribution in [0.1, 0.15) is 41.0 Å². The van der Waals surface area contributed by atoms with Gasteiger partial charge in [0.1, 0.15) is 17.2 Å². The van der Waals surface area contributed by atoms with Crippen molar-refractivity contribution in [3.05, 3.63) is 77.9 Å². The monoisotopic (exact) mass is 430 g/mol. The fourth-order valence-electron chi connectivity index (χ4n) is 3.44. The van der Waals surface area contributed by atoms with E-state index in [0.717, 1.165) is 4.90 Å². The van der Waals surface area contributed by atoms with Crippen LogP contribution in [0.3, 0.4) is 0 Å². The van der Waals surface area contributed by atoms with Crippen LogP contribution in [0.5, 0.6) is 17.2 Å². The van der Waals surface area contributed by atoms with Gasteiger partial charge in [0, 0.05) is 12.1 Å². The number of phenolic OH excluding ortho intramolecular Hbond substituents is 1. The first-order chi connectivity index (χ1) is 15.3. The molecule has 1 heterocycles. The van der Waals surface area contributed by atoms with Crippen molar-refractivity contribution in [2.45, 2.75) is 20.3 Å². The number of anilines is 2. The molecule has 7 heteroatoms. The zero-order valence-corrected chi connectivity index (χ0v) is 17.7. The number of imide groups is 1. The summed E-state index contributed by atoms with van der Waals surface area (Å²) < 4.78 is 5.84. The van der Waals surface area contributed by atoms with E-state index in [1.165, 1.54) is 30.3 Å². The van der Waals surface area contributed by atoms with Gasteiger partial charge in [0.2, 0.25) is 5.91 Å². The van der Waals surface area contributed by atoms with Crippen molar-refractivity contribution in [1.29, 1.82) is 0 Å². The minimum absolute atomic E-state index is 0.0475. The summed E-state index contributed by atoms with van der Waals surface area (Å²) in [5.41, 5.74) is 1.59. The Morgan fingerprint density at radius 3 is 2.19 bits per heavy atom. The topological polar surface area (TPSA) is 95.9 Å². The number of nitrogens with one attached hydrogen (secondary N) is 1. The highest BCUT2D eigenvalue weighted by Gasteiger charge is 2.37. The fourth-order valence-corrected chi connectivity index (χ4v) is 3.44. The first kappa shape index (κ1) is 21.1. The first-order valence-corrected chi connectivity index (χ1v) is 10.2. The van der Waals surface area contributed by atoms with E-state index in [9.17, 15) is 19.5 Å².